The maximum Gasteiger partial charge on any atom is 0.336 e. The molecule has 1 heterocycles. The molecule has 3 aromatic carbocycles. The second-order valence-electron chi connectivity index (χ2n) is 9.07. The minimum atomic E-state index is -0.630. The number of aliphatic hydroxyl groups excluding tert-OH is 1. The van der Waals surface area contributed by atoms with Crippen molar-refractivity contribution in [3.05, 3.63) is 90.0 Å². The molecule has 0 aliphatic carbocycles. The van der Waals surface area contributed by atoms with Crippen molar-refractivity contribution in [3.8, 4) is 23.1 Å². The average Bonchev–Trinajstić information content (AvgIpc) is 3.32. The number of ether oxygens (including phenoxy) is 2. The van der Waals surface area contributed by atoms with Gasteiger partial charge in [-0.2, -0.15) is 4.98 Å². The van der Waals surface area contributed by atoms with Gasteiger partial charge in [-0.1, -0.05) is 38.1 Å². The first-order chi connectivity index (χ1) is 17.9. The summed E-state index contributed by atoms with van der Waals surface area (Å²) in [6.45, 7) is 5.48. The second-order valence-corrected chi connectivity index (χ2v) is 9.07. The topological polar surface area (TPSA) is 81.4 Å². The lowest BCUT2D eigenvalue weighted by Gasteiger charge is -2.14. The van der Waals surface area contributed by atoms with Crippen LogP contribution in [0.15, 0.2) is 72.8 Å². The number of benzene rings is 3. The molecule has 4 aromatic rings. The molecule has 0 radical (unpaired) electrons. The second kappa shape index (κ2) is 12.4. The van der Waals surface area contributed by atoms with Gasteiger partial charge in [0, 0.05) is 24.4 Å². The highest BCUT2D eigenvalue weighted by atomic mass is 19.1. The summed E-state index contributed by atoms with van der Waals surface area (Å²) in [6, 6.07) is 19.5. The number of aliphatic hydroxyl groups is 1. The van der Waals surface area contributed by atoms with Gasteiger partial charge in [0.2, 0.25) is 0 Å². The van der Waals surface area contributed by atoms with Crippen molar-refractivity contribution >= 4 is 5.69 Å². The third kappa shape index (κ3) is 7.58. The zero-order valence-electron chi connectivity index (χ0n) is 20.8. The van der Waals surface area contributed by atoms with E-state index in [1.807, 2.05) is 24.3 Å². The highest BCUT2D eigenvalue weighted by Gasteiger charge is 2.16. The van der Waals surface area contributed by atoms with Gasteiger partial charge in [0.05, 0.1) is 18.4 Å². The normalized spacial score (nSPS) is 12.1. The van der Waals surface area contributed by atoms with Crippen LogP contribution in [0.1, 0.15) is 19.4 Å². The maximum atomic E-state index is 14.0. The van der Waals surface area contributed by atoms with Crippen LogP contribution in [-0.2, 0) is 11.3 Å². The molecule has 1 unspecified atom stereocenters. The van der Waals surface area contributed by atoms with Gasteiger partial charge >= 0.3 is 6.01 Å². The number of rotatable bonds is 12. The lowest BCUT2D eigenvalue weighted by atomic mass is 10.2. The molecule has 9 heteroatoms. The van der Waals surface area contributed by atoms with Crippen LogP contribution in [0.2, 0.25) is 0 Å². The number of nitrogens with one attached hydrogen (secondary N) is 1. The Bertz CT molecular complexity index is 1280. The maximum absolute atomic E-state index is 14.0. The summed E-state index contributed by atoms with van der Waals surface area (Å²) in [4.78, 5) is 4.48. The van der Waals surface area contributed by atoms with Crippen LogP contribution in [-0.4, -0.2) is 45.7 Å². The van der Waals surface area contributed by atoms with Gasteiger partial charge in [-0.05, 0) is 60.0 Å². The monoisotopic (exact) mass is 508 g/mol. The summed E-state index contributed by atoms with van der Waals surface area (Å²) in [6.07, 6.45) is -0.630. The van der Waals surface area contributed by atoms with E-state index in [0.717, 1.165) is 11.3 Å². The van der Waals surface area contributed by atoms with Crippen LogP contribution in [0.4, 0.5) is 14.5 Å². The summed E-state index contributed by atoms with van der Waals surface area (Å²) in [5, 5.41) is 17.8. The fraction of sp³-hybridized carbons (Fsp3) is 0.286. The van der Waals surface area contributed by atoms with Crippen molar-refractivity contribution in [2.45, 2.75) is 26.6 Å². The van der Waals surface area contributed by atoms with Crippen molar-refractivity contribution in [1.29, 1.82) is 0 Å². The Hall–Kier alpha value is -3.82. The SMILES string of the molecule is CC(C)COCC(O)CNc1ccc(-n2nc(OCc3ccc(F)cc3)nc2-c2cccc(F)c2)cc1. The molecule has 1 atom stereocenters. The first kappa shape index (κ1) is 26.2. The first-order valence-electron chi connectivity index (χ1n) is 12.1. The van der Waals surface area contributed by atoms with E-state index in [2.05, 4.69) is 29.2 Å². The minimum absolute atomic E-state index is 0.107. The number of hydrogen-bond acceptors (Lipinski definition) is 6. The largest absolute Gasteiger partial charge is 0.457 e. The third-order valence-electron chi connectivity index (χ3n) is 5.37. The first-order valence-corrected chi connectivity index (χ1v) is 12.1. The van der Waals surface area contributed by atoms with Crippen LogP contribution in [0.3, 0.4) is 0 Å². The van der Waals surface area contributed by atoms with Gasteiger partial charge in [-0.15, -0.1) is 5.10 Å². The van der Waals surface area contributed by atoms with Gasteiger partial charge in [0.1, 0.15) is 18.2 Å². The lowest BCUT2D eigenvalue weighted by molar-refractivity contribution is 0.0318. The van der Waals surface area contributed by atoms with E-state index in [1.165, 1.54) is 24.3 Å². The third-order valence-corrected chi connectivity index (χ3v) is 5.37. The predicted molar refractivity (Wildman–Crippen MR) is 138 cm³/mol. The van der Waals surface area contributed by atoms with Gasteiger partial charge in [-0.3, -0.25) is 0 Å². The van der Waals surface area contributed by atoms with Crippen LogP contribution in [0.25, 0.3) is 17.1 Å². The standard InChI is InChI=1S/C28H30F2N4O3/c1-19(2)16-36-18-26(35)15-31-24-10-12-25(13-11-24)34-27(21-4-3-5-23(30)14-21)32-28(33-34)37-17-20-6-8-22(29)9-7-20/h3-14,19,26,31,35H,15-18H2,1-2H3. The van der Waals surface area contributed by atoms with Crippen LogP contribution < -0.4 is 10.1 Å². The van der Waals surface area contributed by atoms with Crippen molar-refractivity contribution < 1.29 is 23.4 Å². The Balaban J connectivity index is 1.49. The molecule has 0 bridgehead atoms. The van der Waals surface area contributed by atoms with E-state index in [-0.39, 0.29) is 25.0 Å². The fourth-order valence-electron chi connectivity index (χ4n) is 3.53. The molecule has 37 heavy (non-hydrogen) atoms. The quantitative estimate of drug-likeness (QED) is 0.273. The molecule has 194 valence electrons. The molecule has 0 aliphatic rings. The van der Waals surface area contributed by atoms with Crippen molar-refractivity contribution in [1.82, 2.24) is 14.8 Å². The molecule has 0 spiro atoms. The summed E-state index contributed by atoms with van der Waals surface area (Å²) < 4.78 is 39.9. The van der Waals surface area contributed by atoms with E-state index in [9.17, 15) is 13.9 Å². The Morgan fingerprint density at radius 2 is 1.70 bits per heavy atom. The molecule has 4 rings (SSSR count). The summed E-state index contributed by atoms with van der Waals surface area (Å²) >= 11 is 0. The van der Waals surface area contributed by atoms with Crippen LogP contribution >= 0.6 is 0 Å². The van der Waals surface area contributed by atoms with Crippen molar-refractivity contribution in [2.24, 2.45) is 5.92 Å². The zero-order valence-corrected chi connectivity index (χ0v) is 20.8. The minimum Gasteiger partial charge on any atom is -0.457 e. The van der Waals surface area contributed by atoms with E-state index in [4.69, 9.17) is 9.47 Å². The van der Waals surface area contributed by atoms with Crippen LogP contribution in [0, 0.1) is 17.6 Å². The summed E-state index contributed by atoms with van der Waals surface area (Å²) in [7, 11) is 0. The van der Waals surface area contributed by atoms with Gasteiger partial charge in [0.25, 0.3) is 0 Å². The number of hydrogen-bond donors (Lipinski definition) is 2. The molecule has 0 fully saturated rings. The molecule has 0 amide bonds. The predicted octanol–water partition coefficient (Wildman–Crippen LogP) is 5.24. The van der Waals surface area contributed by atoms with E-state index < -0.39 is 11.9 Å². The Morgan fingerprint density at radius 3 is 2.41 bits per heavy atom. The molecule has 0 aliphatic heterocycles. The van der Waals surface area contributed by atoms with Gasteiger partial charge < -0.3 is 19.9 Å². The lowest BCUT2D eigenvalue weighted by Crippen LogP contribution is -2.25. The molecule has 1 aromatic heterocycles. The molecule has 2 N–H and O–H groups in total. The molecule has 0 saturated carbocycles. The highest BCUT2D eigenvalue weighted by Crippen LogP contribution is 2.25. The van der Waals surface area contributed by atoms with E-state index >= 15 is 0 Å². The van der Waals surface area contributed by atoms with Gasteiger partial charge in [0.15, 0.2) is 5.82 Å². The van der Waals surface area contributed by atoms with E-state index in [1.54, 1.807) is 28.9 Å². The number of anilines is 1. The molecular formula is C28H30F2N4O3. The zero-order chi connectivity index (χ0) is 26.2. The van der Waals surface area contributed by atoms with Crippen molar-refractivity contribution in [2.75, 3.05) is 25.1 Å². The fourth-order valence-corrected chi connectivity index (χ4v) is 3.53. The smallest absolute Gasteiger partial charge is 0.336 e. The highest BCUT2D eigenvalue weighted by molar-refractivity contribution is 5.59. The molecule has 7 nitrogen and oxygen atoms in total. The Kier molecular flexibility index (Phi) is 8.81. The molecule has 0 saturated heterocycles. The number of aromatic nitrogens is 3. The Morgan fingerprint density at radius 1 is 0.946 bits per heavy atom. The summed E-state index contributed by atoms with van der Waals surface area (Å²) in [5.41, 5.74) is 2.80. The molecular weight excluding hydrogens is 478 g/mol. The van der Waals surface area contributed by atoms with Gasteiger partial charge in [-0.25, -0.2) is 13.5 Å². The van der Waals surface area contributed by atoms with E-state index in [0.29, 0.717) is 36.1 Å². The number of halogens is 2. The number of nitrogens with zero attached hydrogens (tertiary/aromatic N) is 3. The average molecular weight is 509 g/mol. The van der Waals surface area contributed by atoms with Crippen LogP contribution in [0.5, 0.6) is 6.01 Å². The Labute approximate surface area is 214 Å². The van der Waals surface area contributed by atoms with Crippen molar-refractivity contribution in [3.63, 3.8) is 0 Å². The summed E-state index contributed by atoms with van der Waals surface area (Å²) in [5.74, 6) is 0.102.